The minimum atomic E-state index is -0.992. The summed E-state index contributed by atoms with van der Waals surface area (Å²) in [5.41, 5.74) is 1.72. The van der Waals surface area contributed by atoms with Crippen molar-refractivity contribution in [3.8, 4) is 0 Å². The summed E-state index contributed by atoms with van der Waals surface area (Å²) in [5, 5.41) is 5.43. The predicted molar refractivity (Wildman–Crippen MR) is 74.4 cm³/mol. The molecule has 1 saturated heterocycles. The smallest absolute Gasteiger partial charge is 0.237 e. The molecular weight excluding hydrogens is 262 g/mol. The van der Waals surface area contributed by atoms with Gasteiger partial charge in [0.2, 0.25) is 5.91 Å². The third kappa shape index (κ3) is 3.22. The first kappa shape index (κ1) is 14.7. The topological polar surface area (TPSA) is 41.1 Å². The standard InChI is InChI=1S/C15H18F2N2O/c1-3-10-4-9(2)14(17)11(5-10)7-19-15(20)13-6-12(16)8-18-13/h3-5,12-13,18H,1,6-8H2,2H3,(H,19,20)/t12-,13?/m0/s1. The first-order chi connectivity index (χ1) is 9.51. The molecular formula is C15H18F2N2O. The van der Waals surface area contributed by atoms with Crippen LogP contribution in [0.1, 0.15) is 23.1 Å². The van der Waals surface area contributed by atoms with Crippen molar-refractivity contribution in [2.24, 2.45) is 0 Å². The zero-order valence-electron chi connectivity index (χ0n) is 11.4. The lowest BCUT2D eigenvalue weighted by atomic mass is 10.1. The third-order valence-electron chi connectivity index (χ3n) is 3.43. The Labute approximate surface area is 117 Å². The normalized spacial score (nSPS) is 21.8. The molecule has 1 fully saturated rings. The molecule has 1 aromatic carbocycles. The number of aryl methyl sites for hydroxylation is 1. The number of carbonyl (C=O) groups is 1. The summed E-state index contributed by atoms with van der Waals surface area (Å²) in [7, 11) is 0. The molecule has 1 aliphatic rings. The van der Waals surface area contributed by atoms with Gasteiger partial charge in [-0.1, -0.05) is 12.7 Å². The van der Waals surface area contributed by atoms with Crippen LogP contribution < -0.4 is 10.6 Å². The average molecular weight is 280 g/mol. The van der Waals surface area contributed by atoms with E-state index in [1.807, 2.05) is 0 Å². The Bertz CT molecular complexity index is 531. The fourth-order valence-electron chi connectivity index (χ4n) is 2.32. The maximum atomic E-state index is 13.9. The molecule has 0 aromatic heterocycles. The molecule has 108 valence electrons. The van der Waals surface area contributed by atoms with Gasteiger partial charge in [0.1, 0.15) is 12.0 Å². The van der Waals surface area contributed by atoms with Crippen molar-refractivity contribution < 1.29 is 13.6 Å². The average Bonchev–Trinajstić information content (AvgIpc) is 2.86. The van der Waals surface area contributed by atoms with E-state index in [-0.39, 0.29) is 31.2 Å². The highest BCUT2D eigenvalue weighted by molar-refractivity contribution is 5.82. The highest BCUT2D eigenvalue weighted by Gasteiger charge is 2.29. The van der Waals surface area contributed by atoms with Crippen molar-refractivity contribution >= 4 is 12.0 Å². The molecule has 1 unspecified atom stereocenters. The van der Waals surface area contributed by atoms with E-state index in [1.165, 1.54) is 0 Å². The SMILES string of the molecule is C=Cc1cc(C)c(F)c(CNC(=O)C2C[C@H](F)CN2)c1. The Hall–Kier alpha value is -1.75. The van der Waals surface area contributed by atoms with Crippen LogP contribution in [0, 0.1) is 12.7 Å². The summed E-state index contributed by atoms with van der Waals surface area (Å²) in [4.78, 5) is 11.8. The van der Waals surface area contributed by atoms with E-state index >= 15 is 0 Å². The van der Waals surface area contributed by atoms with Gasteiger partial charge in [0, 0.05) is 25.1 Å². The number of rotatable bonds is 4. The van der Waals surface area contributed by atoms with Crippen LogP contribution in [0.15, 0.2) is 18.7 Å². The molecule has 2 rings (SSSR count). The summed E-state index contributed by atoms with van der Waals surface area (Å²) in [5.74, 6) is -0.634. The first-order valence-electron chi connectivity index (χ1n) is 6.58. The van der Waals surface area contributed by atoms with E-state index in [1.54, 1.807) is 25.1 Å². The van der Waals surface area contributed by atoms with Crippen molar-refractivity contribution in [2.45, 2.75) is 32.1 Å². The number of hydrogen-bond acceptors (Lipinski definition) is 2. The lowest BCUT2D eigenvalue weighted by Crippen LogP contribution is -2.40. The monoisotopic (exact) mass is 280 g/mol. The van der Waals surface area contributed by atoms with E-state index in [4.69, 9.17) is 0 Å². The molecule has 1 heterocycles. The number of nitrogens with one attached hydrogen (secondary N) is 2. The highest BCUT2D eigenvalue weighted by atomic mass is 19.1. The molecule has 3 nitrogen and oxygen atoms in total. The quantitative estimate of drug-likeness (QED) is 0.886. The van der Waals surface area contributed by atoms with Gasteiger partial charge in [0.25, 0.3) is 0 Å². The Morgan fingerprint density at radius 1 is 1.60 bits per heavy atom. The van der Waals surface area contributed by atoms with E-state index in [2.05, 4.69) is 17.2 Å². The van der Waals surface area contributed by atoms with Crippen LogP contribution >= 0.6 is 0 Å². The highest BCUT2D eigenvalue weighted by Crippen LogP contribution is 2.17. The van der Waals surface area contributed by atoms with Gasteiger partial charge in [-0.15, -0.1) is 0 Å². The molecule has 5 heteroatoms. The van der Waals surface area contributed by atoms with Crippen LogP contribution in [0.2, 0.25) is 0 Å². The molecule has 20 heavy (non-hydrogen) atoms. The number of halogens is 2. The van der Waals surface area contributed by atoms with Gasteiger partial charge >= 0.3 is 0 Å². The van der Waals surface area contributed by atoms with Crippen molar-refractivity contribution in [2.75, 3.05) is 6.54 Å². The second kappa shape index (κ2) is 6.13. The summed E-state index contributed by atoms with van der Waals surface area (Å²) in [6.07, 6.45) is 0.804. The fraction of sp³-hybridized carbons (Fsp3) is 0.400. The lowest BCUT2D eigenvalue weighted by Gasteiger charge is -2.12. The van der Waals surface area contributed by atoms with Gasteiger partial charge in [-0.3, -0.25) is 4.79 Å². The second-order valence-electron chi connectivity index (χ2n) is 5.03. The predicted octanol–water partition coefficient (Wildman–Crippen LogP) is 2.09. The van der Waals surface area contributed by atoms with Gasteiger partial charge in [-0.2, -0.15) is 0 Å². The lowest BCUT2D eigenvalue weighted by molar-refractivity contribution is -0.123. The maximum absolute atomic E-state index is 13.9. The zero-order chi connectivity index (χ0) is 14.7. The Morgan fingerprint density at radius 3 is 2.95 bits per heavy atom. The molecule has 0 radical (unpaired) electrons. The molecule has 0 saturated carbocycles. The summed E-state index contributed by atoms with van der Waals surface area (Å²) < 4.78 is 26.9. The molecule has 1 aliphatic heterocycles. The zero-order valence-corrected chi connectivity index (χ0v) is 11.4. The van der Waals surface area contributed by atoms with E-state index in [9.17, 15) is 13.6 Å². The van der Waals surface area contributed by atoms with Crippen molar-refractivity contribution in [3.63, 3.8) is 0 Å². The van der Waals surface area contributed by atoms with Gasteiger partial charge in [-0.25, -0.2) is 8.78 Å². The van der Waals surface area contributed by atoms with Crippen molar-refractivity contribution in [1.82, 2.24) is 10.6 Å². The number of benzene rings is 1. The Balaban J connectivity index is 2.02. The molecule has 0 aliphatic carbocycles. The van der Waals surface area contributed by atoms with Crippen LogP contribution in [0.5, 0.6) is 0 Å². The number of carbonyl (C=O) groups excluding carboxylic acids is 1. The van der Waals surface area contributed by atoms with Crippen LogP contribution in [-0.4, -0.2) is 24.7 Å². The fourth-order valence-corrected chi connectivity index (χ4v) is 2.32. The Morgan fingerprint density at radius 2 is 2.35 bits per heavy atom. The Kier molecular flexibility index (Phi) is 4.49. The first-order valence-corrected chi connectivity index (χ1v) is 6.58. The van der Waals surface area contributed by atoms with Crippen LogP contribution in [-0.2, 0) is 11.3 Å². The van der Waals surface area contributed by atoms with Gasteiger partial charge in [0.05, 0.1) is 6.04 Å². The summed E-state index contributed by atoms with van der Waals surface area (Å²) >= 11 is 0. The number of alkyl halides is 1. The summed E-state index contributed by atoms with van der Waals surface area (Å²) in [6, 6.07) is 2.81. The van der Waals surface area contributed by atoms with Crippen molar-refractivity contribution in [3.05, 3.63) is 41.2 Å². The molecule has 2 N–H and O–H groups in total. The van der Waals surface area contributed by atoms with Gasteiger partial charge < -0.3 is 10.6 Å². The maximum Gasteiger partial charge on any atom is 0.237 e. The van der Waals surface area contributed by atoms with Gasteiger partial charge in [-0.05, 0) is 30.2 Å². The molecule has 1 amide bonds. The van der Waals surface area contributed by atoms with Crippen LogP contribution in [0.25, 0.3) is 6.08 Å². The minimum Gasteiger partial charge on any atom is -0.351 e. The van der Waals surface area contributed by atoms with Crippen LogP contribution in [0.3, 0.4) is 0 Å². The second-order valence-corrected chi connectivity index (χ2v) is 5.03. The van der Waals surface area contributed by atoms with E-state index < -0.39 is 12.2 Å². The van der Waals surface area contributed by atoms with Crippen molar-refractivity contribution in [1.29, 1.82) is 0 Å². The largest absolute Gasteiger partial charge is 0.351 e. The molecule has 2 atom stereocenters. The number of hydrogen-bond donors (Lipinski definition) is 2. The van der Waals surface area contributed by atoms with E-state index in [0.29, 0.717) is 11.1 Å². The summed E-state index contributed by atoms with van der Waals surface area (Å²) in [6.45, 7) is 5.59. The van der Waals surface area contributed by atoms with Gasteiger partial charge in [0.15, 0.2) is 0 Å². The third-order valence-corrected chi connectivity index (χ3v) is 3.43. The molecule has 1 aromatic rings. The minimum absolute atomic E-state index is 0.0856. The molecule has 0 bridgehead atoms. The molecule has 0 spiro atoms. The number of amides is 1. The van der Waals surface area contributed by atoms with Crippen LogP contribution in [0.4, 0.5) is 8.78 Å². The van der Waals surface area contributed by atoms with E-state index in [0.717, 1.165) is 5.56 Å².